The summed E-state index contributed by atoms with van der Waals surface area (Å²) in [5.74, 6) is -0.987. The Labute approximate surface area is 148 Å². The summed E-state index contributed by atoms with van der Waals surface area (Å²) < 4.78 is 10.3. The van der Waals surface area contributed by atoms with Crippen molar-refractivity contribution in [3.8, 4) is 0 Å². The lowest BCUT2D eigenvalue weighted by Gasteiger charge is -2.19. The molecule has 1 atom stereocenters. The highest BCUT2D eigenvalue weighted by molar-refractivity contribution is 5.96. The second-order valence-corrected chi connectivity index (χ2v) is 5.29. The van der Waals surface area contributed by atoms with Gasteiger partial charge in [0.1, 0.15) is 0 Å². The third-order valence-corrected chi connectivity index (χ3v) is 3.36. The summed E-state index contributed by atoms with van der Waals surface area (Å²) in [7, 11) is 0. The lowest BCUT2D eigenvalue weighted by Crippen LogP contribution is -3.10. The molecule has 25 heavy (non-hydrogen) atoms. The summed E-state index contributed by atoms with van der Waals surface area (Å²) >= 11 is 0. The van der Waals surface area contributed by atoms with Gasteiger partial charge >= 0.3 is 5.91 Å². The van der Waals surface area contributed by atoms with E-state index in [2.05, 4.69) is 10.3 Å². The van der Waals surface area contributed by atoms with Crippen molar-refractivity contribution in [1.82, 2.24) is 10.3 Å². The Kier molecular flexibility index (Phi) is 10.6. The molecule has 8 nitrogen and oxygen atoms in total. The van der Waals surface area contributed by atoms with E-state index in [0.29, 0.717) is 51.4 Å². The first-order chi connectivity index (χ1) is 12.1. The summed E-state index contributed by atoms with van der Waals surface area (Å²) in [5, 5.41) is 14.1. The summed E-state index contributed by atoms with van der Waals surface area (Å²) in [6.45, 7) is 6.58. The number of pyridine rings is 1. The van der Waals surface area contributed by atoms with Crippen molar-refractivity contribution >= 4 is 11.8 Å². The minimum Gasteiger partial charge on any atom is -0.626 e. The molecule has 0 saturated carbocycles. The Morgan fingerprint density at radius 3 is 2.56 bits per heavy atom. The van der Waals surface area contributed by atoms with Gasteiger partial charge in [-0.25, -0.2) is 9.78 Å². The third-order valence-electron chi connectivity index (χ3n) is 3.36. The number of quaternary nitrogens is 1. The molecule has 0 saturated heterocycles. The number of hydrogen-bond acceptors (Lipinski definition) is 6. The maximum atomic E-state index is 12.1. The SMILES string of the molecule is CCOCCCNC(=O)c1ccnc(C(=O)[NH+]([O-])CCCOCC)c1. The number of amides is 2. The quantitative estimate of drug-likeness (QED) is 0.410. The molecular formula is C17H27N3O5. The van der Waals surface area contributed by atoms with Crippen molar-refractivity contribution in [3.05, 3.63) is 34.8 Å². The number of carbonyl (C=O) groups excluding carboxylic acids is 2. The molecule has 140 valence electrons. The Bertz CT molecular complexity index is 539. The molecule has 0 radical (unpaired) electrons. The van der Waals surface area contributed by atoms with Gasteiger partial charge in [-0.15, -0.1) is 0 Å². The molecule has 0 aliphatic heterocycles. The summed E-state index contributed by atoms with van der Waals surface area (Å²) in [5.41, 5.74) is 0.292. The molecule has 0 spiro atoms. The molecule has 0 aromatic carbocycles. The molecule has 1 rings (SSSR count). The molecule has 1 unspecified atom stereocenters. The van der Waals surface area contributed by atoms with Crippen LogP contribution in [-0.2, 0) is 9.47 Å². The second kappa shape index (κ2) is 12.5. The molecule has 2 amide bonds. The van der Waals surface area contributed by atoms with E-state index in [9.17, 15) is 14.8 Å². The fourth-order valence-electron chi connectivity index (χ4n) is 2.05. The number of carbonyl (C=O) groups is 2. The Morgan fingerprint density at radius 2 is 1.88 bits per heavy atom. The van der Waals surface area contributed by atoms with Crippen LogP contribution in [0.15, 0.2) is 18.3 Å². The highest BCUT2D eigenvalue weighted by Gasteiger charge is 2.17. The lowest BCUT2D eigenvalue weighted by molar-refractivity contribution is -0.758. The first-order valence-electron chi connectivity index (χ1n) is 8.57. The van der Waals surface area contributed by atoms with Gasteiger partial charge in [-0.2, -0.15) is 0 Å². The zero-order chi connectivity index (χ0) is 18.5. The van der Waals surface area contributed by atoms with Gasteiger partial charge in [0.2, 0.25) is 0 Å². The molecule has 8 heteroatoms. The average Bonchev–Trinajstić information content (AvgIpc) is 2.64. The number of ether oxygens (including phenoxy) is 2. The first kappa shape index (κ1) is 21.2. The maximum Gasteiger partial charge on any atom is 0.362 e. The van der Waals surface area contributed by atoms with Crippen molar-refractivity contribution in [1.29, 1.82) is 0 Å². The number of hydrogen-bond donors (Lipinski definition) is 2. The van der Waals surface area contributed by atoms with Crippen LogP contribution in [-0.4, -0.2) is 56.3 Å². The van der Waals surface area contributed by atoms with Crippen LogP contribution < -0.4 is 10.4 Å². The summed E-state index contributed by atoms with van der Waals surface area (Å²) in [4.78, 5) is 28.1. The second-order valence-electron chi connectivity index (χ2n) is 5.29. The van der Waals surface area contributed by atoms with Crippen molar-refractivity contribution < 1.29 is 24.1 Å². The van der Waals surface area contributed by atoms with Crippen LogP contribution in [0.3, 0.4) is 0 Å². The van der Waals surface area contributed by atoms with Crippen LogP contribution in [0.2, 0.25) is 0 Å². The predicted molar refractivity (Wildman–Crippen MR) is 92.3 cm³/mol. The zero-order valence-corrected chi connectivity index (χ0v) is 14.9. The fourth-order valence-corrected chi connectivity index (χ4v) is 2.05. The number of nitrogens with one attached hydrogen (secondary N) is 2. The zero-order valence-electron chi connectivity index (χ0n) is 14.9. The third kappa shape index (κ3) is 8.17. The van der Waals surface area contributed by atoms with Gasteiger partial charge in [0, 0.05) is 44.5 Å². The smallest absolute Gasteiger partial charge is 0.362 e. The summed E-state index contributed by atoms with van der Waals surface area (Å²) in [6.07, 6.45) is 2.54. The predicted octanol–water partition coefficient (Wildman–Crippen LogP) is 0.188. The molecule has 1 aromatic rings. The van der Waals surface area contributed by atoms with Crippen molar-refractivity contribution in [3.63, 3.8) is 0 Å². The van der Waals surface area contributed by atoms with Gasteiger partial charge in [0.15, 0.2) is 5.69 Å². The van der Waals surface area contributed by atoms with E-state index in [1.54, 1.807) is 0 Å². The fraction of sp³-hybridized carbons (Fsp3) is 0.588. The van der Waals surface area contributed by atoms with E-state index in [-0.39, 0.29) is 18.1 Å². The van der Waals surface area contributed by atoms with E-state index in [0.717, 1.165) is 0 Å². The van der Waals surface area contributed by atoms with E-state index < -0.39 is 11.0 Å². The maximum absolute atomic E-state index is 12.1. The molecule has 2 N–H and O–H groups in total. The normalized spacial score (nSPS) is 12.0. The molecule has 1 heterocycles. The van der Waals surface area contributed by atoms with Crippen LogP contribution in [0, 0.1) is 5.21 Å². The Hall–Kier alpha value is -1.87. The largest absolute Gasteiger partial charge is 0.626 e. The summed E-state index contributed by atoms with van der Waals surface area (Å²) in [6, 6.07) is 2.86. The van der Waals surface area contributed by atoms with Gasteiger partial charge in [-0.3, -0.25) is 4.79 Å². The van der Waals surface area contributed by atoms with Gasteiger partial charge in [0.25, 0.3) is 5.91 Å². The van der Waals surface area contributed by atoms with Gasteiger partial charge < -0.3 is 25.1 Å². The van der Waals surface area contributed by atoms with E-state index in [1.165, 1.54) is 18.3 Å². The van der Waals surface area contributed by atoms with Crippen molar-refractivity contribution in [2.45, 2.75) is 26.7 Å². The molecule has 0 bridgehead atoms. The van der Waals surface area contributed by atoms with Crippen molar-refractivity contribution in [2.24, 2.45) is 0 Å². The molecule has 0 fully saturated rings. The Morgan fingerprint density at radius 1 is 1.20 bits per heavy atom. The van der Waals surface area contributed by atoms with Crippen LogP contribution in [0.5, 0.6) is 0 Å². The minimum absolute atomic E-state index is 0.0108. The van der Waals surface area contributed by atoms with Crippen molar-refractivity contribution in [2.75, 3.05) is 39.5 Å². The molecule has 1 aromatic heterocycles. The monoisotopic (exact) mass is 353 g/mol. The average molecular weight is 353 g/mol. The highest BCUT2D eigenvalue weighted by atomic mass is 16.5. The van der Waals surface area contributed by atoms with E-state index in [4.69, 9.17) is 9.47 Å². The highest BCUT2D eigenvalue weighted by Crippen LogP contribution is 2.01. The van der Waals surface area contributed by atoms with Crippen LogP contribution in [0.4, 0.5) is 0 Å². The van der Waals surface area contributed by atoms with E-state index in [1.807, 2.05) is 13.8 Å². The lowest BCUT2D eigenvalue weighted by atomic mass is 10.2. The molecule has 0 aliphatic rings. The van der Waals surface area contributed by atoms with Gasteiger partial charge in [-0.1, -0.05) is 0 Å². The van der Waals surface area contributed by atoms with Gasteiger partial charge in [-0.05, 0) is 32.4 Å². The van der Waals surface area contributed by atoms with Crippen LogP contribution in [0.1, 0.15) is 47.5 Å². The number of aromatic nitrogens is 1. The van der Waals surface area contributed by atoms with Crippen LogP contribution >= 0.6 is 0 Å². The van der Waals surface area contributed by atoms with Crippen LogP contribution in [0.25, 0.3) is 0 Å². The number of hydroxylamine groups is 2. The first-order valence-corrected chi connectivity index (χ1v) is 8.57. The number of nitrogens with zero attached hydrogens (tertiary/aromatic N) is 1. The topological polar surface area (TPSA) is 105 Å². The standard InChI is InChI=1S/C17H27N3O5/c1-3-24-11-5-8-19-16(21)14-7-9-18-15(13-14)17(22)20(23)10-6-12-25-4-2/h7,9,13,20H,3-6,8,10-12H2,1-2H3,(H,19,21). The van der Waals surface area contributed by atoms with Gasteiger partial charge in [0.05, 0.1) is 13.2 Å². The molecular weight excluding hydrogens is 326 g/mol. The Balaban J connectivity index is 2.52. The molecule has 0 aliphatic carbocycles. The minimum atomic E-state index is -0.678. The number of rotatable bonds is 12. The van der Waals surface area contributed by atoms with E-state index >= 15 is 0 Å².